The summed E-state index contributed by atoms with van der Waals surface area (Å²) in [6.45, 7) is 12.6. The van der Waals surface area contributed by atoms with E-state index in [0.29, 0.717) is 19.1 Å². The summed E-state index contributed by atoms with van der Waals surface area (Å²) >= 11 is 0. The van der Waals surface area contributed by atoms with Crippen molar-refractivity contribution in [2.24, 2.45) is 0 Å². The molecule has 1 aromatic rings. The predicted octanol–water partition coefficient (Wildman–Crippen LogP) is 3.17. The van der Waals surface area contributed by atoms with Crippen LogP contribution < -0.4 is 10.2 Å². The molecule has 0 saturated carbocycles. The minimum atomic E-state index is -1.09. The lowest BCUT2D eigenvalue weighted by Gasteiger charge is -2.32. The van der Waals surface area contributed by atoms with E-state index in [9.17, 15) is 14.7 Å². The van der Waals surface area contributed by atoms with E-state index >= 15 is 0 Å². The van der Waals surface area contributed by atoms with Crippen LogP contribution in [0.5, 0.6) is 0 Å². The van der Waals surface area contributed by atoms with Crippen molar-refractivity contribution in [2.75, 3.05) is 31.2 Å². The first kappa shape index (κ1) is 22.0. The molecule has 0 bridgehead atoms. The first-order chi connectivity index (χ1) is 13.1. The van der Waals surface area contributed by atoms with Gasteiger partial charge in [0.2, 0.25) is 0 Å². The zero-order valence-corrected chi connectivity index (χ0v) is 17.4. The number of nitrogens with zero attached hydrogens (tertiary/aromatic N) is 1. The Bertz CT molecular complexity index is 691. The van der Waals surface area contributed by atoms with E-state index in [0.717, 1.165) is 24.3 Å². The van der Waals surface area contributed by atoms with Gasteiger partial charge in [-0.25, -0.2) is 9.59 Å². The number of hydrogen-bond acceptors (Lipinski definition) is 5. The lowest BCUT2D eigenvalue weighted by Crippen LogP contribution is -2.44. The molecule has 0 aliphatic carbocycles. The van der Waals surface area contributed by atoms with E-state index in [1.807, 2.05) is 18.2 Å². The maximum absolute atomic E-state index is 12.0. The Morgan fingerprint density at radius 3 is 2.43 bits per heavy atom. The fraction of sp³-hybridized carbons (Fsp3) is 0.619. The molecule has 1 aromatic carbocycles. The number of rotatable bonds is 6. The van der Waals surface area contributed by atoms with Crippen molar-refractivity contribution in [1.29, 1.82) is 0 Å². The summed E-state index contributed by atoms with van der Waals surface area (Å²) in [5, 5.41) is 12.0. The van der Waals surface area contributed by atoms with Crippen LogP contribution >= 0.6 is 0 Å². The summed E-state index contributed by atoms with van der Waals surface area (Å²) in [4.78, 5) is 25.9. The molecule has 28 heavy (non-hydrogen) atoms. The van der Waals surface area contributed by atoms with Gasteiger partial charge in [0.25, 0.3) is 0 Å². The average molecular weight is 392 g/mol. The minimum Gasteiger partial charge on any atom is -0.480 e. The number of ether oxygens (including phenoxy) is 2. The van der Waals surface area contributed by atoms with Gasteiger partial charge < -0.3 is 24.8 Å². The molecule has 1 saturated heterocycles. The number of morpholine rings is 1. The SMILES string of the molecule is CC(C)c1cc(CC(NC(=O)OC(C)(C)C)C(=O)O)ccc1N1CCOCC1. The molecule has 1 atom stereocenters. The van der Waals surface area contributed by atoms with Crippen LogP contribution in [0.1, 0.15) is 51.7 Å². The van der Waals surface area contributed by atoms with Crippen molar-refractivity contribution in [2.45, 2.75) is 58.6 Å². The molecule has 1 unspecified atom stereocenters. The van der Waals surface area contributed by atoms with E-state index in [1.54, 1.807) is 20.8 Å². The van der Waals surface area contributed by atoms with Gasteiger partial charge in [0.1, 0.15) is 11.6 Å². The summed E-state index contributed by atoms with van der Waals surface area (Å²) in [6, 6.07) is 4.97. The Balaban J connectivity index is 2.17. The maximum Gasteiger partial charge on any atom is 0.408 e. The largest absolute Gasteiger partial charge is 0.480 e. The van der Waals surface area contributed by atoms with Gasteiger partial charge in [-0.1, -0.05) is 26.0 Å². The fourth-order valence-electron chi connectivity index (χ4n) is 3.17. The molecular weight excluding hydrogens is 360 g/mol. The number of benzene rings is 1. The van der Waals surface area contributed by atoms with Gasteiger partial charge in [0, 0.05) is 25.2 Å². The molecule has 0 spiro atoms. The van der Waals surface area contributed by atoms with Crippen molar-refractivity contribution in [3.05, 3.63) is 29.3 Å². The van der Waals surface area contributed by atoms with Gasteiger partial charge in [0.15, 0.2) is 0 Å². The molecular formula is C21H32N2O5. The van der Waals surface area contributed by atoms with Crippen LogP contribution in [0.2, 0.25) is 0 Å². The van der Waals surface area contributed by atoms with E-state index in [4.69, 9.17) is 9.47 Å². The van der Waals surface area contributed by atoms with E-state index in [2.05, 4.69) is 24.1 Å². The Morgan fingerprint density at radius 2 is 1.89 bits per heavy atom. The third kappa shape index (κ3) is 6.41. The number of carbonyl (C=O) groups is 2. The first-order valence-corrected chi connectivity index (χ1v) is 9.74. The number of carbonyl (C=O) groups excluding carboxylic acids is 1. The quantitative estimate of drug-likeness (QED) is 0.773. The third-order valence-corrected chi connectivity index (χ3v) is 4.49. The predicted molar refractivity (Wildman–Crippen MR) is 108 cm³/mol. The van der Waals surface area contributed by atoms with Crippen LogP contribution in [0.15, 0.2) is 18.2 Å². The summed E-state index contributed by atoms with van der Waals surface area (Å²) in [5.41, 5.74) is 2.51. The topological polar surface area (TPSA) is 88.1 Å². The number of alkyl carbamates (subject to hydrolysis) is 1. The van der Waals surface area contributed by atoms with Crippen LogP contribution in [-0.4, -0.2) is 55.1 Å². The molecule has 1 fully saturated rings. The maximum atomic E-state index is 12.0. The normalized spacial score (nSPS) is 16.0. The van der Waals surface area contributed by atoms with Crippen LogP contribution in [-0.2, 0) is 20.7 Å². The monoisotopic (exact) mass is 392 g/mol. The van der Waals surface area contributed by atoms with Gasteiger partial charge >= 0.3 is 12.1 Å². The molecule has 156 valence electrons. The van der Waals surface area contributed by atoms with Gasteiger partial charge in [-0.2, -0.15) is 0 Å². The standard InChI is InChI=1S/C21H32N2O5/c1-14(2)16-12-15(6-7-18(16)23-8-10-27-11-9-23)13-17(19(24)25)22-20(26)28-21(3,4)5/h6-7,12,14,17H,8-11,13H2,1-5H3,(H,22,26)(H,24,25). The molecule has 1 aliphatic heterocycles. The summed E-state index contributed by atoms with van der Waals surface area (Å²) in [6.07, 6.45) is -0.536. The number of anilines is 1. The van der Waals surface area contributed by atoms with Crippen molar-refractivity contribution in [1.82, 2.24) is 5.32 Å². The second-order valence-electron chi connectivity index (χ2n) is 8.39. The van der Waals surface area contributed by atoms with Crippen LogP contribution in [0.3, 0.4) is 0 Å². The highest BCUT2D eigenvalue weighted by Crippen LogP contribution is 2.29. The number of amides is 1. The lowest BCUT2D eigenvalue weighted by molar-refractivity contribution is -0.139. The zero-order valence-electron chi connectivity index (χ0n) is 17.4. The average Bonchev–Trinajstić information content (AvgIpc) is 2.60. The smallest absolute Gasteiger partial charge is 0.408 e. The van der Waals surface area contributed by atoms with Crippen molar-refractivity contribution < 1.29 is 24.2 Å². The summed E-state index contributed by atoms with van der Waals surface area (Å²) < 4.78 is 10.6. The van der Waals surface area contributed by atoms with Crippen molar-refractivity contribution in [3.8, 4) is 0 Å². The van der Waals surface area contributed by atoms with Gasteiger partial charge in [0.05, 0.1) is 13.2 Å². The Kier molecular flexibility index (Phi) is 7.29. The summed E-state index contributed by atoms with van der Waals surface area (Å²) in [5.74, 6) is -0.797. The summed E-state index contributed by atoms with van der Waals surface area (Å²) in [7, 11) is 0. The molecule has 0 aromatic heterocycles. The van der Waals surface area contributed by atoms with Gasteiger partial charge in [-0.05, 0) is 43.9 Å². The van der Waals surface area contributed by atoms with Crippen LogP contribution in [0, 0.1) is 0 Å². The number of carboxylic acid groups (broad SMARTS) is 1. The Hall–Kier alpha value is -2.28. The number of carboxylic acids is 1. The van der Waals surface area contributed by atoms with Crippen molar-refractivity contribution >= 4 is 17.7 Å². The highest BCUT2D eigenvalue weighted by molar-refractivity contribution is 5.80. The molecule has 7 nitrogen and oxygen atoms in total. The fourth-order valence-corrected chi connectivity index (χ4v) is 3.17. The molecule has 1 heterocycles. The molecule has 2 rings (SSSR count). The van der Waals surface area contributed by atoms with Crippen LogP contribution in [0.25, 0.3) is 0 Å². The van der Waals surface area contributed by atoms with E-state index in [1.165, 1.54) is 5.56 Å². The highest BCUT2D eigenvalue weighted by atomic mass is 16.6. The van der Waals surface area contributed by atoms with E-state index < -0.39 is 23.7 Å². The second-order valence-corrected chi connectivity index (χ2v) is 8.39. The number of nitrogens with one attached hydrogen (secondary N) is 1. The van der Waals surface area contributed by atoms with Crippen LogP contribution in [0.4, 0.5) is 10.5 Å². The molecule has 1 amide bonds. The highest BCUT2D eigenvalue weighted by Gasteiger charge is 2.25. The van der Waals surface area contributed by atoms with E-state index in [-0.39, 0.29) is 6.42 Å². The Morgan fingerprint density at radius 1 is 1.25 bits per heavy atom. The third-order valence-electron chi connectivity index (χ3n) is 4.49. The zero-order chi connectivity index (χ0) is 20.9. The number of aliphatic carboxylic acids is 1. The van der Waals surface area contributed by atoms with Crippen molar-refractivity contribution in [3.63, 3.8) is 0 Å². The second kappa shape index (κ2) is 9.28. The van der Waals surface area contributed by atoms with Gasteiger partial charge in [-0.15, -0.1) is 0 Å². The molecule has 2 N–H and O–H groups in total. The Labute approximate surface area is 167 Å². The molecule has 7 heteroatoms. The number of hydrogen-bond donors (Lipinski definition) is 2. The molecule has 0 radical (unpaired) electrons. The van der Waals surface area contributed by atoms with Gasteiger partial charge in [-0.3, -0.25) is 0 Å². The first-order valence-electron chi connectivity index (χ1n) is 9.74. The minimum absolute atomic E-state index is 0.192. The lowest BCUT2D eigenvalue weighted by atomic mass is 9.95. The molecule has 1 aliphatic rings.